The molecule has 0 bridgehead atoms. The molecular formula is C11H15IN2O. The van der Waals surface area contributed by atoms with E-state index in [1.807, 2.05) is 32.0 Å². The molecule has 0 saturated heterocycles. The first-order valence-corrected chi connectivity index (χ1v) is 5.95. The van der Waals surface area contributed by atoms with Crippen LogP contribution in [0.3, 0.4) is 0 Å². The Morgan fingerprint density at radius 1 is 1.60 bits per heavy atom. The number of carbonyl (C=O) groups excluding carboxylic acids is 1. The van der Waals surface area contributed by atoms with Gasteiger partial charge in [0.15, 0.2) is 0 Å². The molecule has 1 aromatic carbocycles. The smallest absolute Gasteiger partial charge is 0.241 e. The van der Waals surface area contributed by atoms with Gasteiger partial charge in [0.05, 0.1) is 6.04 Å². The molecule has 1 unspecified atom stereocenters. The summed E-state index contributed by atoms with van der Waals surface area (Å²) in [5, 5.41) is 2.79. The topological polar surface area (TPSA) is 55.1 Å². The maximum Gasteiger partial charge on any atom is 0.241 e. The van der Waals surface area contributed by atoms with Gasteiger partial charge >= 0.3 is 0 Å². The standard InChI is InChI=1S/C11H15IN2O/c1-3-10(13)11(15)14-8-5-4-7(2)9(12)6-8/h4-6,10H,3,13H2,1-2H3,(H,14,15). The van der Waals surface area contributed by atoms with E-state index in [0.717, 1.165) is 9.26 Å². The van der Waals surface area contributed by atoms with E-state index in [9.17, 15) is 4.79 Å². The Morgan fingerprint density at radius 3 is 2.80 bits per heavy atom. The molecule has 0 spiro atoms. The lowest BCUT2D eigenvalue weighted by Crippen LogP contribution is -2.34. The van der Waals surface area contributed by atoms with Crippen LogP contribution >= 0.6 is 22.6 Å². The van der Waals surface area contributed by atoms with Crippen molar-refractivity contribution in [2.45, 2.75) is 26.3 Å². The van der Waals surface area contributed by atoms with Crippen molar-refractivity contribution in [3.63, 3.8) is 0 Å². The molecule has 1 aromatic rings. The summed E-state index contributed by atoms with van der Waals surface area (Å²) in [6.07, 6.45) is 0.648. The van der Waals surface area contributed by atoms with Gasteiger partial charge in [0.2, 0.25) is 5.91 Å². The Kier molecular flexibility index (Phi) is 4.53. The van der Waals surface area contributed by atoms with Gasteiger partial charge in [-0.1, -0.05) is 13.0 Å². The number of amides is 1. The van der Waals surface area contributed by atoms with Gasteiger partial charge in [-0.2, -0.15) is 0 Å². The average molecular weight is 318 g/mol. The molecular weight excluding hydrogens is 303 g/mol. The number of aryl methyl sites for hydroxylation is 1. The highest BCUT2D eigenvalue weighted by atomic mass is 127. The van der Waals surface area contributed by atoms with E-state index in [1.165, 1.54) is 5.56 Å². The Balaban J connectivity index is 2.73. The van der Waals surface area contributed by atoms with Crippen molar-refractivity contribution >= 4 is 34.2 Å². The van der Waals surface area contributed by atoms with Gasteiger partial charge in [-0.25, -0.2) is 0 Å². The SMILES string of the molecule is CCC(N)C(=O)Nc1ccc(C)c(I)c1. The summed E-state index contributed by atoms with van der Waals surface area (Å²) in [5.41, 5.74) is 7.63. The second-order valence-corrected chi connectivity index (χ2v) is 4.63. The van der Waals surface area contributed by atoms with Crippen LogP contribution in [0.25, 0.3) is 0 Å². The maximum atomic E-state index is 11.5. The molecule has 0 heterocycles. The summed E-state index contributed by atoms with van der Waals surface area (Å²) >= 11 is 2.24. The van der Waals surface area contributed by atoms with Crippen molar-refractivity contribution in [2.24, 2.45) is 5.73 Å². The minimum atomic E-state index is -0.427. The summed E-state index contributed by atoms with van der Waals surface area (Å²) in [6.45, 7) is 3.92. The third-order valence-electron chi connectivity index (χ3n) is 2.22. The fraction of sp³-hybridized carbons (Fsp3) is 0.364. The lowest BCUT2D eigenvalue weighted by molar-refractivity contribution is -0.117. The Hall–Kier alpha value is -0.620. The molecule has 1 atom stereocenters. The number of hydrogen-bond donors (Lipinski definition) is 2. The molecule has 0 aliphatic carbocycles. The highest BCUT2D eigenvalue weighted by molar-refractivity contribution is 14.1. The molecule has 3 nitrogen and oxygen atoms in total. The molecule has 1 amide bonds. The molecule has 4 heteroatoms. The fourth-order valence-corrected chi connectivity index (χ4v) is 1.61. The van der Waals surface area contributed by atoms with E-state index in [0.29, 0.717) is 6.42 Å². The van der Waals surface area contributed by atoms with Crippen LogP contribution in [-0.2, 0) is 4.79 Å². The number of anilines is 1. The van der Waals surface area contributed by atoms with Crippen LogP contribution in [0.4, 0.5) is 5.69 Å². The van der Waals surface area contributed by atoms with Gasteiger partial charge in [-0.3, -0.25) is 4.79 Å². The van der Waals surface area contributed by atoms with Crippen molar-refractivity contribution in [3.8, 4) is 0 Å². The number of nitrogens with two attached hydrogens (primary N) is 1. The average Bonchev–Trinajstić information content (AvgIpc) is 2.22. The number of halogens is 1. The summed E-state index contributed by atoms with van der Waals surface area (Å²) in [4.78, 5) is 11.5. The normalized spacial score (nSPS) is 12.3. The maximum absolute atomic E-state index is 11.5. The van der Waals surface area contributed by atoms with Crippen LogP contribution in [0.15, 0.2) is 18.2 Å². The number of nitrogens with one attached hydrogen (secondary N) is 1. The first-order valence-electron chi connectivity index (χ1n) is 4.87. The van der Waals surface area contributed by atoms with Crippen LogP contribution in [-0.4, -0.2) is 11.9 Å². The molecule has 0 aliphatic rings. The molecule has 1 rings (SSSR count). The lowest BCUT2D eigenvalue weighted by atomic mass is 10.2. The van der Waals surface area contributed by atoms with Gasteiger partial charge in [0, 0.05) is 9.26 Å². The van der Waals surface area contributed by atoms with Gasteiger partial charge in [-0.15, -0.1) is 0 Å². The second kappa shape index (κ2) is 5.46. The number of benzene rings is 1. The van der Waals surface area contributed by atoms with E-state index >= 15 is 0 Å². The van der Waals surface area contributed by atoms with Crippen molar-refractivity contribution in [1.82, 2.24) is 0 Å². The molecule has 0 radical (unpaired) electrons. The molecule has 0 fully saturated rings. The fourth-order valence-electron chi connectivity index (χ4n) is 1.09. The predicted octanol–water partition coefficient (Wildman–Crippen LogP) is 2.28. The largest absolute Gasteiger partial charge is 0.325 e. The molecule has 82 valence electrons. The Labute approximate surface area is 104 Å². The van der Waals surface area contributed by atoms with E-state index in [-0.39, 0.29) is 5.91 Å². The number of rotatable bonds is 3. The summed E-state index contributed by atoms with van der Waals surface area (Å²) in [6, 6.07) is 5.38. The minimum absolute atomic E-state index is 0.128. The molecule has 0 saturated carbocycles. The number of hydrogen-bond acceptors (Lipinski definition) is 2. The quantitative estimate of drug-likeness (QED) is 0.840. The highest BCUT2D eigenvalue weighted by Crippen LogP contribution is 2.17. The van der Waals surface area contributed by atoms with Gasteiger partial charge in [0.1, 0.15) is 0 Å². The summed E-state index contributed by atoms with van der Waals surface area (Å²) < 4.78 is 1.13. The lowest BCUT2D eigenvalue weighted by Gasteiger charge is -2.10. The predicted molar refractivity (Wildman–Crippen MR) is 70.8 cm³/mol. The zero-order chi connectivity index (χ0) is 11.4. The first-order chi connectivity index (χ1) is 7.04. The zero-order valence-electron chi connectivity index (χ0n) is 8.88. The van der Waals surface area contributed by atoms with E-state index < -0.39 is 6.04 Å². The van der Waals surface area contributed by atoms with Gasteiger partial charge in [-0.05, 0) is 53.6 Å². The Bertz CT molecular complexity index is 366. The van der Waals surface area contributed by atoms with E-state index in [4.69, 9.17) is 5.73 Å². The first kappa shape index (κ1) is 12.4. The number of carbonyl (C=O) groups is 1. The van der Waals surface area contributed by atoms with Gasteiger partial charge < -0.3 is 11.1 Å². The molecule has 3 N–H and O–H groups in total. The third kappa shape index (κ3) is 3.46. The molecule has 15 heavy (non-hydrogen) atoms. The van der Waals surface area contributed by atoms with Crippen LogP contribution < -0.4 is 11.1 Å². The second-order valence-electron chi connectivity index (χ2n) is 3.47. The monoisotopic (exact) mass is 318 g/mol. The van der Waals surface area contributed by atoms with Crippen LogP contribution in [0.2, 0.25) is 0 Å². The molecule has 0 aliphatic heterocycles. The van der Waals surface area contributed by atoms with Crippen molar-refractivity contribution in [2.75, 3.05) is 5.32 Å². The van der Waals surface area contributed by atoms with Crippen molar-refractivity contribution < 1.29 is 4.79 Å². The highest BCUT2D eigenvalue weighted by Gasteiger charge is 2.10. The zero-order valence-corrected chi connectivity index (χ0v) is 11.0. The minimum Gasteiger partial charge on any atom is -0.325 e. The molecule has 0 aromatic heterocycles. The van der Waals surface area contributed by atoms with Gasteiger partial charge in [0.25, 0.3) is 0 Å². The van der Waals surface area contributed by atoms with E-state index in [1.54, 1.807) is 0 Å². The third-order valence-corrected chi connectivity index (χ3v) is 3.38. The van der Waals surface area contributed by atoms with Crippen LogP contribution in [0.1, 0.15) is 18.9 Å². The summed E-state index contributed by atoms with van der Waals surface area (Å²) in [7, 11) is 0. The van der Waals surface area contributed by atoms with E-state index in [2.05, 4.69) is 27.9 Å². The Morgan fingerprint density at radius 2 is 2.27 bits per heavy atom. The summed E-state index contributed by atoms with van der Waals surface area (Å²) in [5.74, 6) is -0.128. The van der Waals surface area contributed by atoms with Crippen LogP contribution in [0.5, 0.6) is 0 Å². The van der Waals surface area contributed by atoms with Crippen LogP contribution in [0, 0.1) is 10.5 Å². The van der Waals surface area contributed by atoms with Crippen molar-refractivity contribution in [1.29, 1.82) is 0 Å². The van der Waals surface area contributed by atoms with Crippen molar-refractivity contribution in [3.05, 3.63) is 27.3 Å².